The van der Waals surface area contributed by atoms with Crippen LogP contribution in [0.25, 0.3) is 10.9 Å². The quantitative estimate of drug-likeness (QED) is 0.885. The van der Waals surface area contributed by atoms with Crippen LogP contribution in [0.3, 0.4) is 0 Å². The minimum atomic E-state index is -0.503. The lowest BCUT2D eigenvalue weighted by atomic mass is 10.0. The first-order valence-electron chi connectivity index (χ1n) is 8.97. The minimum absolute atomic E-state index is 0.0177. The van der Waals surface area contributed by atoms with Crippen LogP contribution in [0.1, 0.15) is 16.6 Å². The first-order valence-corrected chi connectivity index (χ1v) is 6.97. The van der Waals surface area contributed by atoms with Crippen LogP contribution >= 0.6 is 0 Å². The van der Waals surface area contributed by atoms with Crippen molar-refractivity contribution in [1.82, 2.24) is 15.2 Å². The van der Waals surface area contributed by atoms with Crippen molar-refractivity contribution >= 4 is 17.0 Å². The number of ether oxygens (including phenoxy) is 1. The molecular formula is C16H21N3O2. The third kappa shape index (κ3) is 3.19. The first-order chi connectivity index (χ1) is 11.8. The Morgan fingerprint density at radius 3 is 3.05 bits per heavy atom. The van der Waals surface area contributed by atoms with Gasteiger partial charge in [0.2, 0.25) is 0 Å². The van der Waals surface area contributed by atoms with Gasteiger partial charge >= 0.3 is 6.09 Å². The lowest BCUT2D eigenvalue weighted by Gasteiger charge is -2.09. The van der Waals surface area contributed by atoms with Crippen LogP contribution in [-0.4, -0.2) is 49.3 Å². The van der Waals surface area contributed by atoms with Crippen molar-refractivity contribution in [3.63, 3.8) is 0 Å². The molecule has 2 aromatic rings. The standard InChI is InChI=1S/C16H21N3O2/c1-19(2)6-5-12-9-17-15-4-3-11(8-14(12)15)7-13-10-21-16(20)18-13/h3-4,8-9,13,17H,5-7,10H2,1-2H3,(H,18,20)/t13-/m0/s1/i3D,4D,8D,9D. The highest BCUT2D eigenvalue weighted by molar-refractivity contribution is 5.84. The Morgan fingerprint density at radius 1 is 1.48 bits per heavy atom. The van der Waals surface area contributed by atoms with Gasteiger partial charge in [0, 0.05) is 23.6 Å². The number of carbonyl (C=O) groups is 1. The van der Waals surface area contributed by atoms with Gasteiger partial charge in [0.25, 0.3) is 0 Å². The molecule has 2 N–H and O–H groups in total. The lowest BCUT2D eigenvalue weighted by Crippen LogP contribution is -2.28. The Morgan fingerprint density at radius 2 is 2.33 bits per heavy atom. The van der Waals surface area contributed by atoms with E-state index in [-0.39, 0.29) is 43.4 Å². The number of alkyl carbamates (subject to hydrolysis) is 1. The van der Waals surface area contributed by atoms with Crippen LogP contribution in [0.5, 0.6) is 0 Å². The summed E-state index contributed by atoms with van der Waals surface area (Å²) in [5.41, 5.74) is 1.46. The van der Waals surface area contributed by atoms with Gasteiger partial charge in [-0.1, -0.05) is 6.04 Å². The van der Waals surface area contributed by atoms with E-state index in [4.69, 9.17) is 10.2 Å². The maximum Gasteiger partial charge on any atom is 0.407 e. The number of fused-ring (bicyclic) bond motifs is 1. The maximum absolute atomic E-state index is 11.2. The normalized spacial score (nSPS) is 20.9. The van der Waals surface area contributed by atoms with E-state index in [2.05, 4.69) is 10.3 Å². The van der Waals surface area contributed by atoms with Crippen molar-refractivity contribution in [1.29, 1.82) is 0 Å². The number of aromatic amines is 1. The molecule has 1 fully saturated rings. The summed E-state index contributed by atoms with van der Waals surface area (Å²) in [6.07, 6.45) is 0.526. The minimum Gasteiger partial charge on any atom is -0.447 e. The van der Waals surface area contributed by atoms with Crippen molar-refractivity contribution in [2.75, 3.05) is 27.2 Å². The van der Waals surface area contributed by atoms with E-state index in [0.29, 0.717) is 28.5 Å². The number of nitrogens with zero attached hydrogens (tertiary/aromatic N) is 1. The summed E-state index contributed by atoms with van der Waals surface area (Å²) < 4.78 is 38.1. The van der Waals surface area contributed by atoms with Gasteiger partial charge in [-0.15, -0.1) is 0 Å². The van der Waals surface area contributed by atoms with Gasteiger partial charge < -0.3 is 19.9 Å². The van der Waals surface area contributed by atoms with E-state index in [1.165, 1.54) is 0 Å². The van der Waals surface area contributed by atoms with Crippen LogP contribution in [0, 0.1) is 0 Å². The second kappa shape index (κ2) is 5.77. The van der Waals surface area contributed by atoms with Gasteiger partial charge in [0.1, 0.15) is 6.61 Å². The number of carbonyl (C=O) groups excluding carboxylic acids is 1. The molecule has 1 aromatic carbocycles. The van der Waals surface area contributed by atoms with E-state index in [0.717, 1.165) is 6.54 Å². The molecule has 21 heavy (non-hydrogen) atoms. The molecule has 5 nitrogen and oxygen atoms in total. The molecule has 1 aromatic heterocycles. The van der Waals surface area contributed by atoms with Crippen molar-refractivity contribution in [2.45, 2.75) is 18.9 Å². The molecule has 3 rings (SSSR count). The smallest absolute Gasteiger partial charge is 0.407 e. The van der Waals surface area contributed by atoms with E-state index in [1.807, 2.05) is 19.0 Å². The summed E-state index contributed by atoms with van der Waals surface area (Å²) >= 11 is 0. The van der Waals surface area contributed by atoms with Crippen LogP contribution < -0.4 is 5.32 Å². The molecule has 112 valence electrons. The predicted octanol–water partition coefficient (Wildman–Crippen LogP) is 1.92. The fraction of sp³-hybridized carbons (Fsp3) is 0.438. The summed E-state index contributed by atoms with van der Waals surface area (Å²) in [6, 6.07) is -0.215. The van der Waals surface area contributed by atoms with Crippen LogP contribution in [0.15, 0.2) is 24.3 Å². The second-order valence-corrected chi connectivity index (χ2v) is 5.53. The third-order valence-electron chi connectivity index (χ3n) is 3.50. The SMILES string of the molecule is [2H]c1[nH]c2c([2H])c([2H])c(C[C@H]3COC(=O)N3)c([2H])c2c1CCN(C)C. The van der Waals surface area contributed by atoms with E-state index in [1.54, 1.807) is 0 Å². The fourth-order valence-corrected chi connectivity index (χ4v) is 2.37. The summed E-state index contributed by atoms with van der Waals surface area (Å²) in [7, 11) is 3.87. The second-order valence-electron chi connectivity index (χ2n) is 5.53. The zero-order chi connectivity index (χ0) is 18.3. The number of amides is 1. The van der Waals surface area contributed by atoms with Crippen molar-refractivity contribution in [2.24, 2.45) is 0 Å². The molecule has 1 aliphatic rings. The zero-order valence-electron chi connectivity index (χ0n) is 16.2. The largest absolute Gasteiger partial charge is 0.447 e. The average molecular weight is 291 g/mol. The molecule has 1 aliphatic heterocycles. The molecule has 0 spiro atoms. The number of aromatic nitrogens is 1. The molecule has 1 saturated heterocycles. The van der Waals surface area contributed by atoms with Crippen LogP contribution in [0.2, 0.25) is 0 Å². The monoisotopic (exact) mass is 291 g/mol. The predicted molar refractivity (Wildman–Crippen MR) is 82.5 cm³/mol. The summed E-state index contributed by atoms with van der Waals surface area (Å²) in [6.45, 7) is 0.906. The molecular weight excluding hydrogens is 266 g/mol. The van der Waals surface area contributed by atoms with Gasteiger partial charge in [-0.3, -0.25) is 0 Å². The molecule has 1 amide bonds. The Balaban J connectivity index is 2.08. The number of nitrogens with one attached hydrogen (secondary N) is 2. The van der Waals surface area contributed by atoms with Gasteiger partial charge in [0.05, 0.1) is 11.5 Å². The highest BCUT2D eigenvalue weighted by atomic mass is 16.6. The summed E-state index contributed by atoms with van der Waals surface area (Å²) in [4.78, 5) is 16.1. The maximum atomic E-state index is 11.2. The highest BCUT2D eigenvalue weighted by Gasteiger charge is 2.22. The Kier molecular flexibility index (Phi) is 2.71. The first kappa shape index (κ1) is 9.84. The molecule has 0 unspecified atom stereocenters. The highest BCUT2D eigenvalue weighted by Crippen LogP contribution is 2.21. The molecule has 0 saturated carbocycles. The number of benzene rings is 1. The number of hydrogen-bond acceptors (Lipinski definition) is 3. The Labute approximate surface area is 129 Å². The number of likely N-dealkylation sites (N-methyl/N-ethyl adjacent to an activating group) is 1. The van der Waals surface area contributed by atoms with Crippen molar-refractivity contribution in [3.8, 4) is 0 Å². The molecule has 1 atom stereocenters. The Bertz CT molecular complexity index is 835. The number of hydrogen-bond donors (Lipinski definition) is 2. The van der Waals surface area contributed by atoms with Crippen molar-refractivity contribution < 1.29 is 15.0 Å². The topological polar surface area (TPSA) is 57.4 Å². The summed E-state index contributed by atoms with van der Waals surface area (Å²) in [5, 5.41) is 3.18. The van der Waals surface area contributed by atoms with E-state index < -0.39 is 6.09 Å². The molecule has 2 heterocycles. The Hall–Kier alpha value is -2.01. The van der Waals surface area contributed by atoms with E-state index >= 15 is 0 Å². The molecule has 0 aliphatic carbocycles. The van der Waals surface area contributed by atoms with Crippen LogP contribution in [-0.2, 0) is 17.6 Å². The zero-order valence-corrected chi connectivity index (χ0v) is 12.2. The van der Waals surface area contributed by atoms with Gasteiger partial charge in [-0.05, 0) is 50.1 Å². The van der Waals surface area contributed by atoms with Gasteiger partial charge in [0.15, 0.2) is 0 Å². The van der Waals surface area contributed by atoms with Crippen molar-refractivity contribution in [3.05, 3.63) is 35.4 Å². The number of H-pyrrole nitrogens is 1. The summed E-state index contributed by atoms with van der Waals surface area (Å²) in [5.74, 6) is 0. The average Bonchev–Trinajstić information content (AvgIpc) is 3.10. The van der Waals surface area contributed by atoms with E-state index in [9.17, 15) is 4.79 Å². The van der Waals surface area contributed by atoms with Gasteiger partial charge in [-0.25, -0.2) is 4.79 Å². The molecule has 0 bridgehead atoms. The van der Waals surface area contributed by atoms with Crippen LogP contribution in [0.4, 0.5) is 4.79 Å². The van der Waals surface area contributed by atoms with Gasteiger partial charge in [-0.2, -0.15) is 0 Å². The third-order valence-corrected chi connectivity index (χ3v) is 3.50. The number of cyclic esters (lactones) is 1. The molecule has 0 radical (unpaired) electrons. The lowest BCUT2D eigenvalue weighted by molar-refractivity contribution is 0.177. The molecule has 5 heteroatoms. The number of rotatable bonds is 5. The fourth-order valence-electron chi connectivity index (χ4n) is 2.37.